The highest BCUT2D eigenvalue weighted by atomic mass is 16.5. The zero-order valence-corrected chi connectivity index (χ0v) is 12.5. The molecule has 3 rings (SSSR count). The maximum Gasteiger partial charge on any atom is 0.223 e. The number of pyridine rings is 1. The fraction of sp³-hybridized carbons (Fsp3) is 0.600. The third kappa shape index (κ3) is 2.33. The van der Waals surface area contributed by atoms with Crippen LogP contribution in [-0.2, 0) is 4.79 Å². The summed E-state index contributed by atoms with van der Waals surface area (Å²) in [5.74, 6) is 6.56. The van der Waals surface area contributed by atoms with Crippen LogP contribution in [0, 0.1) is 0 Å². The molecule has 0 bridgehead atoms. The number of aliphatic hydroxyl groups is 1. The lowest BCUT2D eigenvalue weighted by Gasteiger charge is -2.46. The van der Waals surface area contributed by atoms with Crippen LogP contribution in [-0.4, -0.2) is 34.2 Å². The minimum Gasteiger partial charge on any atom is -0.484 e. The highest BCUT2D eigenvalue weighted by molar-refractivity contribution is 5.77. The highest BCUT2D eigenvalue weighted by Gasteiger charge is 2.48. The summed E-state index contributed by atoms with van der Waals surface area (Å²) in [5, 5.41) is 10.7. The molecule has 3 heterocycles. The van der Waals surface area contributed by atoms with E-state index >= 15 is 0 Å². The first-order valence-electron chi connectivity index (χ1n) is 7.37. The number of hydrogen-bond acceptors (Lipinski definition) is 4. The van der Waals surface area contributed by atoms with Crippen LogP contribution in [0.3, 0.4) is 0 Å². The number of nitrogens with two attached hydrogens (primary N) is 1. The van der Waals surface area contributed by atoms with Gasteiger partial charge >= 0.3 is 0 Å². The van der Waals surface area contributed by atoms with E-state index in [1.54, 1.807) is 23.4 Å². The first kappa shape index (κ1) is 14.1. The average Bonchev–Trinajstić information content (AvgIpc) is 2.42. The van der Waals surface area contributed by atoms with Gasteiger partial charge in [0.2, 0.25) is 18.3 Å². The SMILES string of the molecule is CC1(C)Oc2cc[n+](N)cc2[C@@H](N2CCCCC2=O)[C@@H]1O. The predicted octanol–water partition coefficient (Wildman–Crippen LogP) is 0.273. The maximum atomic E-state index is 12.3. The Labute approximate surface area is 124 Å². The molecular weight excluding hydrogens is 270 g/mol. The lowest BCUT2D eigenvalue weighted by molar-refractivity contribution is -0.639. The molecule has 1 aromatic heterocycles. The molecule has 0 aromatic carbocycles. The highest BCUT2D eigenvalue weighted by Crippen LogP contribution is 2.42. The van der Waals surface area contributed by atoms with Gasteiger partial charge in [0, 0.05) is 19.0 Å². The summed E-state index contributed by atoms with van der Waals surface area (Å²) in [4.78, 5) is 14.1. The molecule has 0 radical (unpaired) electrons. The fourth-order valence-electron chi connectivity index (χ4n) is 3.19. The van der Waals surface area contributed by atoms with Crippen molar-refractivity contribution in [1.82, 2.24) is 4.90 Å². The van der Waals surface area contributed by atoms with E-state index in [1.807, 2.05) is 13.8 Å². The molecule has 1 amide bonds. The van der Waals surface area contributed by atoms with Gasteiger partial charge in [-0.2, -0.15) is 0 Å². The second-order valence-electron chi connectivity index (χ2n) is 6.35. The Morgan fingerprint density at radius 3 is 2.95 bits per heavy atom. The largest absolute Gasteiger partial charge is 0.484 e. The molecule has 1 fully saturated rings. The van der Waals surface area contributed by atoms with Gasteiger partial charge in [0.05, 0.1) is 11.6 Å². The van der Waals surface area contributed by atoms with Gasteiger partial charge in [-0.15, -0.1) is 0 Å². The minimum absolute atomic E-state index is 0.0846. The van der Waals surface area contributed by atoms with Crippen molar-refractivity contribution in [2.24, 2.45) is 0 Å². The number of aromatic nitrogens is 1. The van der Waals surface area contributed by atoms with E-state index < -0.39 is 17.7 Å². The van der Waals surface area contributed by atoms with Gasteiger partial charge in [-0.3, -0.25) is 4.79 Å². The van der Waals surface area contributed by atoms with Gasteiger partial charge in [-0.05, 0) is 26.7 Å². The van der Waals surface area contributed by atoms with Gasteiger partial charge in [0.25, 0.3) is 0 Å². The molecule has 114 valence electrons. The zero-order chi connectivity index (χ0) is 15.2. The van der Waals surface area contributed by atoms with Crippen molar-refractivity contribution in [2.45, 2.75) is 50.9 Å². The van der Waals surface area contributed by atoms with Crippen molar-refractivity contribution in [3.8, 4) is 5.75 Å². The summed E-state index contributed by atoms with van der Waals surface area (Å²) >= 11 is 0. The number of carbonyl (C=O) groups is 1. The number of carbonyl (C=O) groups excluding carboxylic acids is 1. The van der Waals surface area contributed by atoms with E-state index in [2.05, 4.69) is 0 Å². The Hall–Kier alpha value is -1.82. The van der Waals surface area contributed by atoms with E-state index in [9.17, 15) is 9.90 Å². The number of amides is 1. The Bertz CT molecular complexity index is 573. The number of likely N-dealkylation sites (tertiary alicyclic amines) is 1. The Balaban J connectivity index is 2.08. The van der Waals surface area contributed by atoms with Crippen LogP contribution in [0.1, 0.15) is 44.7 Å². The number of rotatable bonds is 1. The normalized spacial score (nSPS) is 28.0. The second kappa shape index (κ2) is 4.87. The summed E-state index contributed by atoms with van der Waals surface area (Å²) in [6, 6.07) is 1.37. The van der Waals surface area contributed by atoms with Crippen molar-refractivity contribution >= 4 is 5.91 Å². The molecule has 21 heavy (non-hydrogen) atoms. The molecule has 1 saturated heterocycles. The number of aliphatic hydroxyl groups excluding tert-OH is 1. The molecule has 2 aliphatic rings. The van der Waals surface area contributed by atoms with Crippen LogP contribution in [0.25, 0.3) is 0 Å². The van der Waals surface area contributed by atoms with Crippen molar-refractivity contribution in [2.75, 3.05) is 12.4 Å². The molecule has 3 N–H and O–H groups in total. The Kier molecular flexibility index (Phi) is 3.28. The molecule has 6 heteroatoms. The van der Waals surface area contributed by atoms with Gasteiger partial charge in [0.1, 0.15) is 17.5 Å². The number of piperidine rings is 1. The van der Waals surface area contributed by atoms with E-state index in [0.717, 1.165) is 18.4 Å². The van der Waals surface area contributed by atoms with Crippen LogP contribution < -0.4 is 15.3 Å². The van der Waals surface area contributed by atoms with Crippen molar-refractivity contribution in [1.29, 1.82) is 0 Å². The van der Waals surface area contributed by atoms with E-state index in [-0.39, 0.29) is 5.91 Å². The van der Waals surface area contributed by atoms with Crippen LogP contribution in [0.15, 0.2) is 18.5 Å². The zero-order valence-electron chi connectivity index (χ0n) is 12.5. The monoisotopic (exact) mass is 292 g/mol. The van der Waals surface area contributed by atoms with E-state index in [1.165, 1.54) is 4.68 Å². The van der Waals surface area contributed by atoms with Crippen LogP contribution >= 0.6 is 0 Å². The number of ether oxygens (including phenoxy) is 1. The molecule has 6 nitrogen and oxygen atoms in total. The number of hydrogen-bond donors (Lipinski definition) is 2. The number of fused-ring (bicyclic) bond motifs is 1. The standard InChI is InChI=1S/C15H22N3O3/c1-15(2)14(20)13(18-7-4-3-5-12(18)19)10-9-17(16)8-6-11(10)21-15/h6,8-9,13-14,20H,3-5,7,16H2,1-2H3/q+1/t13-,14+/m1/s1. The molecule has 0 saturated carbocycles. The molecule has 0 aliphatic carbocycles. The summed E-state index contributed by atoms with van der Waals surface area (Å²) in [6.07, 6.45) is 5.03. The first-order valence-corrected chi connectivity index (χ1v) is 7.37. The van der Waals surface area contributed by atoms with Crippen LogP contribution in [0.2, 0.25) is 0 Å². The lowest BCUT2D eigenvalue weighted by atomic mass is 9.85. The van der Waals surface area contributed by atoms with Gasteiger partial charge < -0.3 is 14.7 Å². The van der Waals surface area contributed by atoms with Crippen molar-refractivity contribution < 1.29 is 19.3 Å². The van der Waals surface area contributed by atoms with Crippen LogP contribution in [0.5, 0.6) is 5.75 Å². The summed E-state index contributed by atoms with van der Waals surface area (Å²) in [6.45, 7) is 4.34. The predicted molar refractivity (Wildman–Crippen MR) is 75.8 cm³/mol. The first-order chi connectivity index (χ1) is 9.90. The second-order valence-corrected chi connectivity index (χ2v) is 6.35. The van der Waals surface area contributed by atoms with Crippen molar-refractivity contribution in [3.05, 3.63) is 24.0 Å². The Morgan fingerprint density at radius 2 is 2.24 bits per heavy atom. The number of nitrogen functional groups attached to an aromatic ring is 1. The van der Waals surface area contributed by atoms with Gasteiger partial charge in [0.15, 0.2) is 0 Å². The smallest absolute Gasteiger partial charge is 0.223 e. The van der Waals surface area contributed by atoms with E-state index in [4.69, 9.17) is 10.6 Å². The summed E-state index contributed by atoms with van der Waals surface area (Å²) in [5.41, 5.74) is 0.0120. The molecule has 2 aliphatic heterocycles. The summed E-state index contributed by atoms with van der Waals surface area (Å²) in [7, 11) is 0. The quantitative estimate of drug-likeness (QED) is 0.575. The molecular formula is C15H22N3O3+. The molecule has 2 atom stereocenters. The minimum atomic E-state index is -0.797. The topological polar surface area (TPSA) is 79.7 Å². The van der Waals surface area contributed by atoms with Gasteiger partial charge in [-0.1, -0.05) is 4.68 Å². The van der Waals surface area contributed by atoms with E-state index in [0.29, 0.717) is 18.7 Å². The van der Waals surface area contributed by atoms with Gasteiger partial charge in [-0.25, -0.2) is 5.84 Å². The summed E-state index contributed by atoms with van der Waals surface area (Å²) < 4.78 is 7.31. The Morgan fingerprint density at radius 1 is 1.48 bits per heavy atom. The third-order valence-corrected chi connectivity index (χ3v) is 4.37. The molecule has 1 aromatic rings. The fourth-order valence-corrected chi connectivity index (χ4v) is 3.19. The average molecular weight is 292 g/mol. The molecule has 0 unspecified atom stereocenters. The maximum absolute atomic E-state index is 12.3. The molecule has 0 spiro atoms. The lowest BCUT2D eigenvalue weighted by Crippen LogP contribution is -2.56. The van der Waals surface area contributed by atoms with Crippen LogP contribution in [0.4, 0.5) is 0 Å². The van der Waals surface area contributed by atoms with Crippen molar-refractivity contribution in [3.63, 3.8) is 0 Å². The third-order valence-electron chi connectivity index (χ3n) is 4.37. The number of nitrogens with zero attached hydrogens (tertiary/aromatic N) is 2.